The van der Waals surface area contributed by atoms with Gasteiger partial charge in [0.15, 0.2) is 11.6 Å². The molecule has 0 heterocycles. The van der Waals surface area contributed by atoms with Gasteiger partial charge in [-0.1, -0.05) is 48.5 Å². The van der Waals surface area contributed by atoms with Crippen molar-refractivity contribution in [1.29, 1.82) is 0 Å². The number of esters is 1. The Kier molecular flexibility index (Phi) is 6.04. The number of carbonyl (C=O) groups is 2. The highest BCUT2D eigenvalue weighted by molar-refractivity contribution is 5.91. The summed E-state index contributed by atoms with van der Waals surface area (Å²) in [6.07, 6.45) is 1.44. The standard InChI is InChI=1S/C22H24O5/c1-22(27-20-14-8-13-19(20)23,26-15-16-9-4-3-5-10-16)18-12-7-6-11-17(18)21(24)25-2/h3-7,9-12,20H,8,13-15H2,1-2H3. The molecule has 1 aliphatic carbocycles. The van der Waals surface area contributed by atoms with Crippen LogP contribution >= 0.6 is 0 Å². The molecule has 142 valence electrons. The van der Waals surface area contributed by atoms with E-state index in [1.165, 1.54) is 7.11 Å². The van der Waals surface area contributed by atoms with Crippen molar-refractivity contribution < 1.29 is 23.8 Å². The summed E-state index contributed by atoms with van der Waals surface area (Å²) >= 11 is 0. The van der Waals surface area contributed by atoms with Gasteiger partial charge >= 0.3 is 5.97 Å². The number of ketones is 1. The lowest BCUT2D eigenvalue weighted by atomic mass is 9.99. The molecular weight excluding hydrogens is 344 g/mol. The quantitative estimate of drug-likeness (QED) is 0.546. The molecule has 0 saturated heterocycles. The Morgan fingerprint density at radius 3 is 2.48 bits per heavy atom. The SMILES string of the molecule is COC(=O)c1ccccc1C(C)(OCc1ccccc1)OC1CCCC1=O. The van der Waals surface area contributed by atoms with Gasteiger partial charge in [0.2, 0.25) is 0 Å². The number of Topliss-reactive ketones (excluding diaryl/α,β-unsaturated/α-hetero) is 1. The molecule has 0 aliphatic heterocycles. The Morgan fingerprint density at radius 1 is 1.11 bits per heavy atom. The van der Waals surface area contributed by atoms with Crippen LogP contribution in [-0.2, 0) is 31.4 Å². The highest BCUT2D eigenvalue weighted by Gasteiger charge is 2.39. The van der Waals surface area contributed by atoms with Crippen LogP contribution in [0, 0.1) is 0 Å². The summed E-state index contributed by atoms with van der Waals surface area (Å²) in [4.78, 5) is 24.4. The van der Waals surface area contributed by atoms with E-state index in [0.29, 0.717) is 24.0 Å². The van der Waals surface area contributed by atoms with Crippen molar-refractivity contribution in [2.75, 3.05) is 7.11 Å². The molecule has 3 rings (SSSR count). The third-order valence-electron chi connectivity index (χ3n) is 4.79. The van der Waals surface area contributed by atoms with Crippen LogP contribution in [-0.4, -0.2) is 25.0 Å². The molecule has 0 bridgehead atoms. The maximum absolute atomic E-state index is 12.3. The smallest absolute Gasteiger partial charge is 0.338 e. The van der Waals surface area contributed by atoms with Gasteiger partial charge in [-0.2, -0.15) is 0 Å². The molecule has 1 saturated carbocycles. The number of benzene rings is 2. The van der Waals surface area contributed by atoms with Gasteiger partial charge in [-0.25, -0.2) is 4.79 Å². The Morgan fingerprint density at radius 2 is 1.81 bits per heavy atom. The predicted octanol–water partition coefficient (Wildman–Crippen LogP) is 4.00. The van der Waals surface area contributed by atoms with Gasteiger partial charge in [-0.05, 0) is 31.4 Å². The van der Waals surface area contributed by atoms with Crippen molar-refractivity contribution in [2.24, 2.45) is 0 Å². The van der Waals surface area contributed by atoms with Gasteiger partial charge in [-0.3, -0.25) is 4.79 Å². The van der Waals surface area contributed by atoms with E-state index < -0.39 is 17.9 Å². The fourth-order valence-electron chi connectivity index (χ4n) is 3.32. The van der Waals surface area contributed by atoms with E-state index in [4.69, 9.17) is 14.2 Å². The van der Waals surface area contributed by atoms with Gasteiger partial charge in [0.05, 0.1) is 19.3 Å². The molecule has 1 aliphatic rings. The zero-order valence-electron chi connectivity index (χ0n) is 15.6. The fourth-order valence-corrected chi connectivity index (χ4v) is 3.32. The minimum Gasteiger partial charge on any atom is -0.465 e. The van der Waals surface area contributed by atoms with E-state index in [9.17, 15) is 9.59 Å². The fraction of sp³-hybridized carbons (Fsp3) is 0.364. The van der Waals surface area contributed by atoms with Crippen molar-refractivity contribution >= 4 is 11.8 Å². The van der Waals surface area contributed by atoms with E-state index in [1.54, 1.807) is 25.1 Å². The minimum absolute atomic E-state index is 0.0695. The number of hydrogen-bond acceptors (Lipinski definition) is 5. The molecule has 0 spiro atoms. The summed E-state index contributed by atoms with van der Waals surface area (Å²) in [5, 5.41) is 0. The first-order valence-corrected chi connectivity index (χ1v) is 9.10. The summed E-state index contributed by atoms with van der Waals surface area (Å²) in [7, 11) is 1.34. The van der Waals surface area contributed by atoms with Crippen LogP contribution in [0.4, 0.5) is 0 Å². The maximum atomic E-state index is 12.3. The second kappa shape index (κ2) is 8.46. The highest BCUT2D eigenvalue weighted by atomic mass is 16.7. The van der Waals surface area contributed by atoms with Crippen molar-refractivity contribution in [3.63, 3.8) is 0 Å². The Balaban J connectivity index is 1.94. The Bertz CT molecular complexity index is 801. The number of rotatable bonds is 7. The normalized spacial score (nSPS) is 18.9. The molecule has 1 fully saturated rings. The van der Waals surface area contributed by atoms with Crippen LogP contribution < -0.4 is 0 Å². The molecule has 2 unspecified atom stereocenters. The first-order chi connectivity index (χ1) is 13.0. The van der Waals surface area contributed by atoms with Crippen LogP contribution in [0.3, 0.4) is 0 Å². The molecular formula is C22H24O5. The molecule has 0 radical (unpaired) electrons. The highest BCUT2D eigenvalue weighted by Crippen LogP contribution is 2.35. The van der Waals surface area contributed by atoms with Crippen molar-refractivity contribution in [1.82, 2.24) is 0 Å². The van der Waals surface area contributed by atoms with E-state index >= 15 is 0 Å². The van der Waals surface area contributed by atoms with E-state index in [2.05, 4.69) is 0 Å². The zero-order valence-corrected chi connectivity index (χ0v) is 15.6. The predicted molar refractivity (Wildman–Crippen MR) is 100 cm³/mol. The van der Waals surface area contributed by atoms with Crippen molar-refractivity contribution in [3.05, 3.63) is 71.3 Å². The molecule has 5 heteroatoms. The van der Waals surface area contributed by atoms with E-state index in [1.807, 2.05) is 36.4 Å². The summed E-state index contributed by atoms with van der Waals surface area (Å²) in [5.41, 5.74) is 1.88. The van der Waals surface area contributed by atoms with Gasteiger partial charge < -0.3 is 14.2 Å². The van der Waals surface area contributed by atoms with Crippen molar-refractivity contribution in [2.45, 2.75) is 44.7 Å². The monoisotopic (exact) mass is 368 g/mol. The summed E-state index contributed by atoms with van der Waals surface area (Å²) in [6.45, 7) is 2.04. The lowest BCUT2D eigenvalue weighted by Crippen LogP contribution is -2.37. The molecule has 0 amide bonds. The minimum atomic E-state index is -1.26. The molecule has 0 N–H and O–H groups in total. The molecule has 2 aromatic rings. The van der Waals surface area contributed by atoms with Crippen LogP contribution in [0.15, 0.2) is 54.6 Å². The zero-order chi connectivity index (χ0) is 19.3. The third kappa shape index (κ3) is 4.43. The third-order valence-corrected chi connectivity index (χ3v) is 4.79. The Hall–Kier alpha value is -2.50. The van der Waals surface area contributed by atoms with Crippen LogP contribution in [0.5, 0.6) is 0 Å². The van der Waals surface area contributed by atoms with E-state index in [0.717, 1.165) is 12.0 Å². The number of hydrogen-bond donors (Lipinski definition) is 0. The molecule has 0 aromatic heterocycles. The summed E-state index contributed by atoms with van der Waals surface area (Å²) < 4.78 is 17.2. The first kappa shape index (κ1) is 19.3. The second-order valence-electron chi connectivity index (χ2n) is 6.72. The molecule has 2 aromatic carbocycles. The van der Waals surface area contributed by atoms with Crippen LogP contribution in [0.2, 0.25) is 0 Å². The van der Waals surface area contributed by atoms with Crippen LogP contribution in [0.25, 0.3) is 0 Å². The van der Waals surface area contributed by atoms with Crippen molar-refractivity contribution in [3.8, 4) is 0 Å². The lowest BCUT2D eigenvalue weighted by molar-refractivity contribution is -0.258. The Labute approximate surface area is 159 Å². The first-order valence-electron chi connectivity index (χ1n) is 9.10. The number of carbonyl (C=O) groups excluding carboxylic acids is 2. The van der Waals surface area contributed by atoms with Gasteiger partial charge in [-0.15, -0.1) is 0 Å². The summed E-state index contributed by atoms with van der Waals surface area (Å²) in [5.74, 6) is -1.66. The molecule has 27 heavy (non-hydrogen) atoms. The average Bonchev–Trinajstić information content (AvgIpc) is 3.11. The van der Waals surface area contributed by atoms with Gasteiger partial charge in [0, 0.05) is 12.0 Å². The van der Waals surface area contributed by atoms with Crippen LogP contribution in [0.1, 0.15) is 47.7 Å². The number of ether oxygens (including phenoxy) is 3. The molecule has 2 atom stereocenters. The topological polar surface area (TPSA) is 61.8 Å². The number of methoxy groups -OCH3 is 1. The second-order valence-corrected chi connectivity index (χ2v) is 6.72. The average molecular weight is 368 g/mol. The van der Waals surface area contributed by atoms with E-state index in [-0.39, 0.29) is 12.4 Å². The summed E-state index contributed by atoms with van der Waals surface area (Å²) in [6, 6.07) is 16.7. The largest absolute Gasteiger partial charge is 0.465 e. The lowest BCUT2D eigenvalue weighted by Gasteiger charge is -2.34. The van der Waals surface area contributed by atoms with Gasteiger partial charge in [0.25, 0.3) is 0 Å². The molecule has 5 nitrogen and oxygen atoms in total. The van der Waals surface area contributed by atoms with Gasteiger partial charge in [0.1, 0.15) is 6.10 Å². The maximum Gasteiger partial charge on any atom is 0.338 e.